The van der Waals surface area contributed by atoms with Crippen LogP contribution in [0.1, 0.15) is 0 Å². The molecule has 0 amide bonds. The monoisotopic (exact) mass is 713 g/mol. The molecule has 0 aliphatic rings. The minimum atomic E-state index is 0.972. The van der Waals surface area contributed by atoms with Gasteiger partial charge in [0.25, 0.3) is 0 Å². The van der Waals surface area contributed by atoms with E-state index in [4.69, 9.17) is 0 Å². The Morgan fingerprint density at radius 2 is 1.12 bits per heavy atom. The topological polar surface area (TPSA) is 3.24 Å². The van der Waals surface area contributed by atoms with Crippen molar-refractivity contribution in [1.29, 1.82) is 0 Å². The Balaban J connectivity index is 2.26. The predicted octanol–water partition coefficient (Wildman–Crippen LogP) is 9.73. The fourth-order valence-corrected chi connectivity index (χ4v) is 5.29. The van der Waals surface area contributed by atoms with Crippen molar-refractivity contribution in [3.05, 3.63) is 81.4 Å². The Morgan fingerprint density at radius 3 is 1.76 bits per heavy atom. The van der Waals surface area contributed by atoms with Gasteiger partial charge in [0.15, 0.2) is 0 Å². The molecule has 7 heteroatoms. The van der Waals surface area contributed by atoms with Gasteiger partial charge in [-0.15, -0.1) is 0 Å². The van der Waals surface area contributed by atoms with Crippen LogP contribution in [0, 0.1) is 0 Å². The lowest BCUT2D eigenvalue weighted by Gasteiger charge is -2.28. The second kappa shape index (κ2) is 8.57. The van der Waals surface area contributed by atoms with Gasteiger partial charge in [-0.25, -0.2) is 0 Å². The van der Waals surface area contributed by atoms with E-state index < -0.39 is 0 Å². The summed E-state index contributed by atoms with van der Waals surface area (Å²) >= 11 is 21.7. The Labute approximate surface area is 197 Å². The van der Waals surface area contributed by atoms with Crippen molar-refractivity contribution in [1.82, 2.24) is 0 Å². The van der Waals surface area contributed by atoms with Gasteiger partial charge in [0.1, 0.15) is 0 Å². The second-order valence-electron chi connectivity index (χ2n) is 5.10. The fraction of sp³-hybridized carbons (Fsp3) is 0. The lowest BCUT2D eigenvalue weighted by molar-refractivity contribution is 1.25. The molecule has 0 heterocycles. The van der Waals surface area contributed by atoms with E-state index in [2.05, 4.69) is 125 Å². The first kappa shape index (κ1) is 20.1. The molecule has 3 aromatic carbocycles. The summed E-state index contributed by atoms with van der Waals surface area (Å²) in [7, 11) is 0. The minimum absolute atomic E-state index is 0.972. The van der Waals surface area contributed by atoms with Crippen LogP contribution in [0.4, 0.5) is 17.1 Å². The number of rotatable bonds is 3. The third-order valence-corrected chi connectivity index (χ3v) is 8.50. The number of hydrogen-bond donors (Lipinski definition) is 0. The first-order chi connectivity index (χ1) is 11.9. The van der Waals surface area contributed by atoms with Crippen LogP contribution in [-0.2, 0) is 0 Å². The third-order valence-electron chi connectivity index (χ3n) is 3.49. The zero-order valence-electron chi connectivity index (χ0n) is 12.4. The van der Waals surface area contributed by atoms with E-state index in [0.29, 0.717) is 0 Å². The molecular weight excluding hydrogens is 710 g/mol. The number of halogens is 6. The van der Waals surface area contributed by atoms with Crippen molar-refractivity contribution in [2.24, 2.45) is 0 Å². The minimum Gasteiger partial charge on any atom is -0.308 e. The highest BCUT2D eigenvalue weighted by Crippen LogP contribution is 2.46. The Morgan fingerprint density at radius 1 is 0.520 bits per heavy atom. The predicted molar refractivity (Wildman–Crippen MR) is 127 cm³/mol. The van der Waals surface area contributed by atoms with Crippen LogP contribution in [0.25, 0.3) is 0 Å². The molecule has 3 rings (SSSR count). The van der Waals surface area contributed by atoms with E-state index in [1.807, 2.05) is 30.3 Å². The van der Waals surface area contributed by atoms with E-state index in [0.717, 1.165) is 43.9 Å². The molecule has 128 valence electrons. The van der Waals surface area contributed by atoms with Gasteiger partial charge in [0.05, 0.1) is 15.8 Å². The Bertz CT molecular complexity index is 924. The average molecular weight is 719 g/mol. The van der Waals surface area contributed by atoms with Crippen molar-refractivity contribution < 1.29 is 0 Å². The zero-order valence-corrected chi connectivity index (χ0v) is 21.9. The first-order valence-corrected chi connectivity index (χ1v) is 11.8. The molecule has 25 heavy (non-hydrogen) atoms. The van der Waals surface area contributed by atoms with Gasteiger partial charge < -0.3 is 4.90 Å². The van der Waals surface area contributed by atoms with Crippen LogP contribution < -0.4 is 4.90 Å². The summed E-state index contributed by atoms with van der Waals surface area (Å²) in [5.74, 6) is 0. The Hall–Kier alpha value is 0.340. The molecule has 0 aliphatic heterocycles. The van der Waals surface area contributed by atoms with Crippen LogP contribution in [0.5, 0.6) is 0 Å². The van der Waals surface area contributed by atoms with E-state index >= 15 is 0 Å². The smallest absolute Gasteiger partial charge is 0.0616 e. The molecule has 0 fully saturated rings. The number of hydrogen-bond acceptors (Lipinski definition) is 1. The second-order valence-corrected chi connectivity index (χ2v) is 10.2. The summed E-state index contributed by atoms with van der Waals surface area (Å²) < 4.78 is 6.00. The normalized spacial score (nSPS) is 10.8. The van der Waals surface area contributed by atoms with Crippen molar-refractivity contribution in [3.63, 3.8) is 0 Å². The highest BCUT2D eigenvalue weighted by Gasteiger charge is 2.20. The highest BCUT2D eigenvalue weighted by molar-refractivity contribution is 9.14. The molecule has 1 nitrogen and oxygen atoms in total. The molecule has 0 unspecified atom stereocenters. The van der Waals surface area contributed by atoms with E-state index in [9.17, 15) is 0 Å². The maximum atomic E-state index is 3.73. The fourth-order valence-electron chi connectivity index (χ4n) is 2.35. The summed E-state index contributed by atoms with van der Waals surface area (Å²) in [5, 5.41) is 0. The zero-order chi connectivity index (χ0) is 18.1. The summed E-state index contributed by atoms with van der Waals surface area (Å²) in [6.07, 6.45) is 0. The van der Waals surface area contributed by atoms with Crippen LogP contribution in [-0.4, -0.2) is 0 Å². The van der Waals surface area contributed by atoms with Gasteiger partial charge in [-0.1, -0.05) is 31.9 Å². The van der Waals surface area contributed by atoms with Crippen molar-refractivity contribution in [2.45, 2.75) is 0 Å². The number of nitrogens with zero attached hydrogens (tertiary/aromatic N) is 1. The van der Waals surface area contributed by atoms with Crippen molar-refractivity contribution in [2.75, 3.05) is 4.90 Å². The summed E-state index contributed by atoms with van der Waals surface area (Å²) in [5.41, 5.74) is 3.13. The molecule has 0 radical (unpaired) electrons. The molecule has 0 atom stereocenters. The summed E-state index contributed by atoms with van der Waals surface area (Å²) in [6.45, 7) is 0. The molecule has 0 saturated carbocycles. The summed E-state index contributed by atoms with van der Waals surface area (Å²) in [4.78, 5) is 2.20. The molecule has 0 aromatic heterocycles. The summed E-state index contributed by atoms with van der Waals surface area (Å²) in [6, 6.07) is 18.5. The largest absolute Gasteiger partial charge is 0.308 e. The lowest BCUT2D eigenvalue weighted by Crippen LogP contribution is -2.11. The standard InChI is InChI=1S/C18H9Br6N/c19-10-1-4-12(5-2-10)25(15-7-3-11(20)9-14(15)22)16-8-6-13(21)17(23)18(16)24/h1-9H. The molecule has 0 aliphatic carbocycles. The highest BCUT2D eigenvalue weighted by atomic mass is 79.9. The number of benzene rings is 3. The maximum Gasteiger partial charge on any atom is 0.0616 e. The van der Waals surface area contributed by atoms with Crippen molar-refractivity contribution >= 4 is 113 Å². The van der Waals surface area contributed by atoms with Crippen LogP contribution in [0.15, 0.2) is 81.4 Å². The maximum absolute atomic E-state index is 3.73. The molecule has 0 spiro atoms. The van der Waals surface area contributed by atoms with Gasteiger partial charge in [-0.3, -0.25) is 0 Å². The quantitative estimate of drug-likeness (QED) is 0.244. The molecule has 0 saturated heterocycles. The van der Waals surface area contributed by atoms with Gasteiger partial charge >= 0.3 is 0 Å². The Kier molecular flexibility index (Phi) is 6.88. The SMILES string of the molecule is Brc1ccc(N(c2ccc(Br)cc2Br)c2ccc(Br)c(Br)c2Br)cc1. The molecule has 0 N–H and O–H groups in total. The van der Waals surface area contributed by atoms with Crippen LogP contribution in [0.2, 0.25) is 0 Å². The van der Waals surface area contributed by atoms with Crippen molar-refractivity contribution in [3.8, 4) is 0 Å². The lowest BCUT2D eigenvalue weighted by atomic mass is 10.2. The van der Waals surface area contributed by atoms with Gasteiger partial charge in [0, 0.05) is 28.1 Å². The number of anilines is 3. The van der Waals surface area contributed by atoms with Crippen LogP contribution in [0.3, 0.4) is 0 Å². The van der Waals surface area contributed by atoms with Gasteiger partial charge in [-0.05, 0) is 118 Å². The van der Waals surface area contributed by atoms with Gasteiger partial charge in [-0.2, -0.15) is 0 Å². The van der Waals surface area contributed by atoms with Gasteiger partial charge in [0.2, 0.25) is 0 Å². The van der Waals surface area contributed by atoms with E-state index in [1.54, 1.807) is 0 Å². The van der Waals surface area contributed by atoms with Crippen LogP contribution >= 0.6 is 95.6 Å². The average Bonchev–Trinajstić information content (AvgIpc) is 2.58. The molecule has 3 aromatic rings. The third kappa shape index (κ3) is 4.43. The van der Waals surface area contributed by atoms with E-state index in [1.165, 1.54) is 0 Å². The van der Waals surface area contributed by atoms with E-state index in [-0.39, 0.29) is 0 Å². The molecule has 0 bridgehead atoms. The molecular formula is C18H9Br6N. The first-order valence-electron chi connectivity index (χ1n) is 7.02.